The first kappa shape index (κ1) is 25.7. The number of ether oxygens (including phenoxy) is 1. The summed E-state index contributed by atoms with van der Waals surface area (Å²) in [5.41, 5.74) is 5.36. The Kier molecular flexibility index (Phi) is 8.19. The smallest absolute Gasteiger partial charge is 0.285 e. The first-order chi connectivity index (χ1) is 16.7. The highest BCUT2D eigenvalue weighted by Gasteiger charge is 2.34. The van der Waals surface area contributed by atoms with Crippen LogP contribution >= 0.6 is 63.1 Å². The first-order valence-corrected chi connectivity index (χ1v) is 13.0. The molecule has 0 aromatic heterocycles. The van der Waals surface area contributed by atoms with Crippen molar-refractivity contribution in [2.45, 2.75) is 13.5 Å². The zero-order valence-electron chi connectivity index (χ0n) is 18.2. The van der Waals surface area contributed by atoms with Crippen LogP contribution in [0.3, 0.4) is 0 Å². The SMILES string of the molecule is Cc1ccc(C(=O)NN2C(=O)/C(=C\c3ccc(OCc4ccccc4Cl)c(Br)c3)SC2=S)c(Cl)c1. The van der Waals surface area contributed by atoms with E-state index < -0.39 is 11.8 Å². The van der Waals surface area contributed by atoms with Crippen LogP contribution in [0.1, 0.15) is 27.0 Å². The van der Waals surface area contributed by atoms with Crippen LogP contribution < -0.4 is 10.2 Å². The van der Waals surface area contributed by atoms with Gasteiger partial charge in [-0.3, -0.25) is 15.0 Å². The Morgan fingerprint density at radius 3 is 2.63 bits per heavy atom. The van der Waals surface area contributed by atoms with Gasteiger partial charge in [0, 0.05) is 10.6 Å². The molecule has 0 saturated carbocycles. The molecule has 1 heterocycles. The lowest BCUT2D eigenvalue weighted by molar-refractivity contribution is -0.123. The topological polar surface area (TPSA) is 58.6 Å². The van der Waals surface area contributed by atoms with Crippen molar-refractivity contribution in [1.29, 1.82) is 0 Å². The maximum atomic E-state index is 12.9. The maximum absolute atomic E-state index is 12.9. The van der Waals surface area contributed by atoms with Crippen molar-refractivity contribution in [3.63, 3.8) is 0 Å². The van der Waals surface area contributed by atoms with E-state index in [1.54, 1.807) is 30.3 Å². The minimum atomic E-state index is -0.518. The monoisotopic (exact) mass is 606 g/mol. The highest BCUT2D eigenvalue weighted by molar-refractivity contribution is 9.10. The molecule has 178 valence electrons. The van der Waals surface area contributed by atoms with Gasteiger partial charge in [0.25, 0.3) is 11.8 Å². The number of carbonyl (C=O) groups excluding carboxylic acids is 2. The van der Waals surface area contributed by atoms with E-state index in [1.165, 1.54) is 0 Å². The van der Waals surface area contributed by atoms with Gasteiger partial charge in [-0.05, 0) is 82.6 Å². The molecule has 1 aliphatic heterocycles. The maximum Gasteiger partial charge on any atom is 0.285 e. The molecule has 4 rings (SSSR count). The number of thioether (sulfide) groups is 1. The van der Waals surface area contributed by atoms with Gasteiger partial charge >= 0.3 is 0 Å². The highest BCUT2D eigenvalue weighted by atomic mass is 79.9. The van der Waals surface area contributed by atoms with E-state index in [0.29, 0.717) is 27.3 Å². The molecule has 10 heteroatoms. The van der Waals surface area contributed by atoms with Crippen molar-refractivity contribution in [1.82, 2.24) is 10.4 Å². The van der Waals surface area contributed by atoms with Crippen LogP contribution in [0.15, 0.2) is 70.0 Å². The zero-order chi connectivity index (χ0) is 25.1. The summed E-state index contributed by atoms with van der Waals surface area (Å²) < 4.78 is 6.81. The summed E-state index contributed by atoms with van der Waals surface area (Å²) in [6.45, 7) is 2.19. The zero-order valence-corrected chi connectivity index (χ0v) is 22.9. The Balaban J connectivity index is 1.45. The second kappa shape index (κ2) is 11.1. The average molecular weight is 608 g/mol. The normalized spacial score (nSPS) is 14.5. The molecule has 0 bridgehead atoms. The van der Waals surface area contributed by atoms with E-state index in [9.17, 15) is 9.59 Å². The highest BCUT2D eigenvalue weighted by Crippen LogP contribution is 2.34. The molecule has 35 heavy (non-hydrogen) atoms. The summed E-state index contributed by atoms with van der Waals surface area (Å²) in [5, 5.41) is 1.99. The quantitative estimate of drug-likeness (QED) is 0.237. The molecule has 0 radical (unpaired) electrons. The van der Waals surface area contributed by atoms with Crippen molar-refractivity contribution in [2.24, 2.45) is 0 Å². The summed E-state index contributed by atoms with van der Waals surface area (Å²) in [6, 6.07) is 18.0. The number of aryl methyl sites for hydroxylation is 1. The van der Waals surface area contributed by atoms with Crippen LogP contribution in [-0.2, 0) is 11.4 Å². The fraction of sp³-hybridized carbons (Fsp3) is 0.0800. The summed E-state index contributed by atoms with van der Waals surface area (Å²) in [7, 11) is 0. The number of hydrazine groups is 1. The minimum Gasteiger partial charge on any atom is -0.488 e. The van der Waals surface area contributed by atoms with E-state index in [-0.39, 0.29) is 9.88 Å². The van der Waals surface area contributed by atoms with Gasteiger partial charge in [0.2, 0.25) is 0 Å². The predicted octanol–water partition coefficient (Wildman–Crippen LogP) is 7.19. The molecule has 3 aromatic carbocycles. The number of amides is 2. The molecule has 0 spiro atoms. The third-order valence-electron chi connectivity index (χ3n) is 4.97. The lowest BCUT2D eigenvalue weighted by atomic mass is 10.1. The van der Waals surface area contributed by atoms with E-state index in [1.807, 2.05) is 43.3 Å². The van der Waals surface area contributed by atoms with Gasteiger partial charge in [-0.2, -0.15) is 5.01 Å². The number of hydrogen-bond acceptors (Lipinski definition) is 5. The Morgan fingerprint density at radius 1 is 1.14 bits per heavy atom. The van der Waals surface area contributed by atoms with Crippen molar-refractivity contribution in [3.8, 4) is 5.75 Å². The molecule has 0 unspecified atom stereocenters. The lowest BCUT2D eigenvalue weighted by Crippen LogP contribution is -2.44. The second-order valence-electron chi connectivity index (χ2n) is 7.51. The number of carbonyl (C=O) groups is 2. The standard InChI is InChI=1S/C25H17BrCl2N2O3S2/c1-14-6-8-17(20(28)10-14)23(31)29-30-24(32)22(35-25(30)34)12-15-7-9-21(18(26)11-15)33-13-16-4-2-3-5-19(16)27/h2-12H,13H2,1H3,(H,29,31)/b22-12+. The summed E-state index contributed by atoms with van der Waals surface area (Å²) in [4.78, 5) is 25.9. The fourth-order valence-electron chi connectivity index (χ4n) is 3.18. The minimum absolute atomic E-state index is 0.219. The van der Waals surface area contributed by atoms with Gasteiger partial charge in [0.05, 0.1) is 20.0 Å². The number of nitrogens with one attached hydrogen (secondary N) is 1. The lowest BCUT2D eigenvalue weighted by Gasteiger charge is -2.16. The van der Waals surface area contributed by atoms with Crippen LogP contribution in [0.25, 0.3) is 6.08 Å². The molecule has 1 aliphatic rings. The van der Waals surface area contributed by atoms with Gasteiger partial charge < -0.3 is 4.74 Å². The van der Waals surface area contributed by atoms with Crippen LogP contribution in [0.5, 0.6) is 5.75 Å². The molecule has 0 aliphatic carbocycles. The van der Waals surface area contributed by atoms with Gasteiger partial charge in [-0.25, -0.2) is 0 Å². The summed E-state index contributed by atoms with van der Waals surface area (Å²) >= 11 is 22.3. The number of hydrogen-bond donors (Lipinski definition) is 1. The Labute approximate surface area is 230 Å². The molecular formula is C25H17BrCl2N2O3S2. The van der Waals surface area contributed by atoms with Gasteiger partial charge in [0.15, 0.2) is 4.32 Å². The van der Waals surface area contributed by atoms with Gasteiger partial charge in [-0.1, -0.05) is 65.3 Å². The summed E-state index contributed by atoms with van der Waals surface area (Å²) in [5.74, 6) is -0.307. The van der Waals surface area contributed by atoms with Crippen molar-refractivity contribution < 1.29 is 14.3 Å². The molecule has 0 atom stereocenters. The largest absolute Gasteiger partial charge is 0.488 e. The fourth-order valence-corrected chi connectivity index (χ4v) is 5.38. The molecule has 1 N–H and O–H groups in total. The first-order valence-electron chi connectivity index (χ1n) is 10.2. The predicted molar refractivity (Wildman–Crippen MR) is 149 cm³/mol. The number of rotatable bonds is 6. The third kappa shape index (κ3) is 6.08. The van der Waals surface area contributed by atoms with Crippen LogP contribution in [0.4, 0.5) is 0 Å². The van der Waals surface area contributed by atoms with Gasteiger partial charge in [-0.15, -0.1) is 0 Å². The van der Waals surface area contributed by atoms with Crippen LogP contribution in [0, 0.1) is 6.92 Å². The van der Waals surface area contributed by atoms with Crippen LogP contribution in [0.2, 0.25) is 10.0 Å². The molecule has 1 saturated heterocycles. The van der Waals surface area contributed by atoms with E-state index in [2.05, 4.69) is 21.4 Å². The van der Waals surface area contributed by atoms with Crippen molar-refractivity contribution in [2.75, 3.05) is 0 Å². The second-order valence-corrected chi connectivity index (χ2v) is 10.9. The number of benzene rings is 3. The number of halogens is 3. The Hall–Kier alpha value is -2.36. The van der Waals surface area contributed by atoms with Gasteiger partial charge in [0.1, 0.15) is 12.4 Å². The molecule has 2 amide bonds. The Morgan fingerprint density at radius 2 is 1.91 bits per heavy atom. The van der Waals surface area contributed by atoms with Crippen molar-refractivity contribution >= 4 is 85.3 Å². The van der Waals surface area contributed by atoms with E-state index in [4.69, 9.17) is 40.2 Å². The third-order valence-corrected chi connectivity index (χ3v) is 7.57. The molecular weight excluding hydrogens is 591 g/mol. The average Bonchev–Trinajstić information content (AvgIpc) is 3.06. The molecule has 1 fully saturated rings. The Bertz CT molecular complexity index is 1380. The van der Waals surface area contributed by atoms with Crippen molar-refractivity contribution in [3.05, 3.63) is 102 Å². The number of nitrogens with zero attached hydrogens (tertiary/aromatic N) is 1. The summed E-state index contributed by atoms with van der Waals surface area (Å²) in [6.07, 6.45) is 1.70. The van der Waals surface area contributed by atoms with E-state index in [0.717, 1.165) is 37.9 Å². The molecule has 3 aromatic rings. The van der Waals surface area contributed by atoms with E-state index >= 15 is 0 Å². The van der Waals surface area contributed by atoms with Crippen LogP contribution in [-0.4, -0.2) is 21.1 Å². The number of thiocarbonyl (C=S) groups is 1. The molecule has 5 nitrogen and oxygen atoms in total.